The number of hydrogen-bond acceptors (Lipinski definition) is 4. The molecule has 2 N–H and O–H groups in total. The summed E-state index contributed by atoms with van der Waals surface area (Å²) in [7, 11) is 1.87. The van der Waals surface area contributed by atoms with Gasteiger partial charge in [-0.25, -0.2) is 9.97 Å². The average molecular weight is 270 g/mol. The Balaban J connectivity index is 1.74. The Morgan fingerprint density at radius 3 is 2.84 bits per heavy atom. The molecule has 0 radical (unpaired) electrons. The minimum Gasteiger partial charge on any atom is -0.373 e. The van der Waals surface area contributed by atoms with Crippen LogP contribution in [0.5, 0.6) is 0 Å². The maximum atomic E-state index is 4.53. The maximum absolute atomic E-state index is 4.53. The molecule has 2 heterocycles. The number of benzene rings is 1. The minimum atomic E-state index is 0.801. The molecule has 0 saturated carbocycles. The summed E-state index contributed by atoms with van der Waals surface area (Å²) in [5, 5.41) is 3.97. The zero-order valence-electron chi connectivity index (χ0n) is 10.6. The summed E-state index contributed by atoms with van der Waals surface area (Å²) in [6, 6.07) is 14.0. The van der Waals surface area contributed by atoms with E-state index in [1.165, 1.54) is 0 Å². The number of imidazole rings is 1. The molecule has 0 aliphatic carbocycles. The largest absolute Gasteiger partial charge is 0.373 e. The molecule has 4 nitrogen and oxygen atoms in total. The first-order valence-electron chi connectivity index (χ1n) is 6.06. The molecule has 3 rings (SSSR count). The summed E-state index contributed by atoms with van der Waals surface area (Å²) < 4.78 is 0. The predicted molar refractivity (Wildman–Crippen MR) is 79.4 cm³/mol. The number of nitrogens with one attached hydrogen (secondary N) is 2. The Hall–Kier alpha value is -2.01. The molecule has 0 saturated heterocycles. The molecule has 19 heavy (non-hydrogen) atoms. The first kappa shape index (κ1) is 12.0. The van der Waals surface area contributed by atoms with Gasteiger partial charge < -0.3 is 10.3 Å². The maximum Gasteiger partial charge on any atom is 0.166 e. The number of aromatic nitrogens is 3. The quantitative estimate of drug-likeness (QED) is 0.714. The predicted octanol–water partition coefficient (Wildman–Crippen LogP) is 3.29. The van der Waals surface area contributed by atoms with Crippen molar-refractivity contribution in [3.63, 3.8) is 0 Å². The van der Waals surface area contributed by atoms with E-state index in [9.17, 15) is 0 Å². The number of anilines is 1. The van der Waals surface area contributed by atoms with E-state index >= 15 is 0 Å². The van der Waals surface area contributed by atoms with E-state index in [4.69, 9.17) is 0 Å². The number of H-pyrrole nitrogens is 1. The Morgan fingerprint density at radius 1 is 1.11 bits per heavy atom. The zero-order valence-corrected chi connectivity index (χ0v) is 11.4. The van der Waals surface area contributed by atoms with Crippen molar-refractivity contribution in [1.29, 1.82) is 0 Å². The third kappa shape index (κ3) is 2.71. The highest BCUT2D eigenvalue weighted by Gasteiger charge is 2.04. The van der Waals surface area contributed by atoms with Crippen molar-refractivity contribution < 1.29 is 0 Å². The summed E-state index contributed by atoms with van der Waals surface area (Å²) >= 11 is 1.66. The van der Waals surface area contributed by atoms with Crippen LogP contribution in [0.2, 0.25) is 0 Å². The lowest BCUT2D eigenvalue weighted by atomic mass is 10.3. The molecule has 0 bridgehead atoms. The molecular weight excluding hydrogens is 256 g/mol. The second-order valence-corrected chi connectivity index (χ2v) is 5.08. The number of fused-ring (bicyclic) bond motifs is 1. The van der Waals surface area contributed by atoms with Crippen LogP contribution in [0.3, 0.4) is 0 Å². The topological polar surface area (TPSA) is 53.6 Å². The molecule has 1 aromatic carbocycles. The van der Waals surface area contributed by atoms with Gasteiger partial charge in [-0.1, -0.05) is 30.0 Å². The van der Waals surface area contributed by atoms with Crippen molar-refractivity contribution in [2.75, 3.05) is 12.4 Å². The van der Waals surface area contributed by atoms with Crippen molar-refractivity contribution in [3.8, 4) is 0 Å². The molecule has 0 fully saturated rings. The minimum absolute atomic E-state index is 0.801. The van der Waals surface area contributed by atoms with Crippen LogP contribution in [-0.4, -0.2) is 22.0 Å². The summed E-state index contributed by atoms with van der Waals surface area (Å²) in [5.41, 5.74) is 3.11. The number of thioether (sulfide) groups is 1. The van der Waals surface area contributed by atoms with E-state index in [0.717, 1.165) is 33.5 Å². The van der Waals surface area contributed by atoms with Gasteiger partial charge in [-0.3, -0.25) is 0 Å². The van der Waals surface area contributed by atoms with Gasteiger partial charge in [0, 0.05) is 12.8 Å². The van der Waals surface area contributed by atoms with Crippen molar-refractivity contribution in [2.24, 2.45) is 0 Å². The number of para-hydroxylation sites is 2. The highest BCUT2D eigenvalue weighted by molar-refractivity contribution is 7.98. The smallest absolute Gasteiger partial charge is 0.166 e. The van der Waals surface area contributed by atoms with Crippen molar-refractivity contribution in [2.45, 2.75) is 10.9 Å². The van der Waals surface area contributed by atoms with Crippen molar-refractivity contribution in [3.05, 3.63) is 48.2 Å². The van der Waals surface area contributed by atoms with Gasteiger partial charge in [0.2, 0.25) is 0 Å². The molecule has 0 atom stereocenters. The Bertz CT molecular complexity index is 659. The second-order valence-electron chi connectivity index (χ2n) is 4.11. The lowest BCUT2D eigenvalue weighted by molar-refractivity contribution is 1.07. The standard InChI is InChI=1S/C14H14N4S/c1-15-13-8-4-5-10(16-13)9-19-14-17-11-6-2-3-7-12(11)18-14/h2-8H,9H2,1H3,(H,15,16)(H,17,18). The lowest BCUT2D eigenvalue weighted by Crippen LogP contribution is -1.94. The monoisotopic (exact) mass is 270 g/mol. The summed E-state index contributed by atoms with van der Waals surface area (Å²) in [6.45, 7) is 0. The molecular formula is C14H14N4S. The van der Waals surface area contributed by atoms with Crippen LogP contribution >= 0.6 is 11.8 Å². The summed E-state index contributed by atoms with van der Waals surface area (Å²) in [6.07, 6.45) is 0. The summed E-state index contributed by atoms with van der Waals surface area (Å²) in [4.78, 5) is 12.3. The molecule has 0 spiro atoms. The van der Waals surface area contributed by atoms with Gasteiger partial charge in [0.1, 0.15) is 5.82 Å². The molecule has 3 aromatic rings. The van der Waals surface area contributed by atoms with Crippen molar-refractivity contribution >= 4 is 28.6 Å². The van der Waals surface area contributed by atoms with Crippen LogP contribution in [-0.2, 0) is 5.75 Å². The third-order valence-electron chi connectivity index (χ3n) is 2.79. The van der Waals surface area contributed by atoms with Gasteiger partial charge in [-0.2, -0.15) is 0 Å². The van der Waals surface area contributed by atoms with E-state index in [1.807, 2.05) is 49.5 Å². The van der Waals surface area contributed by atoms with Gasteiger partial charge in [0.05, 0.1) is 16.7 Å². The van der Waals surface area contributed by atoms with Crippen LogP contribution in [0, 0.1) is 0 Å². The van der Waals surface area contributed by atoms with E-state index in [1.54, 1.807) is 11.8 Å². The van der Waals surface area contributed by atoms with Gasteiger partial charge in [0.25, 0.3) is 0 Å². The third-order valence-corrected chi connectivity index (χ3v) is 3.69. The molecule has 0 amide bonds. The highest BCUT2D eigenvalue weighted by Crippen LogP contribution is 2.22. The normalized spacial score (nSPS) is 10.8. The Kier molecular flexibility index (Phi) is 3.37. The van der Waals surface area contributed by atoms with Crippen LogP contribution in [0.1, 0.15) is 5.69 Å². The highest BCUT2D eigenvalue weighted by atomic mass is 32.2. The SMILES string of the molecule is CNc1cccc(CSc2nc3ccccc3[nH]2)n1. The van der Waals surface area contributed by atoms with E-state index in [-0.39, 0.29) is 0 Å². The van der Waals surface area contributed by atoms with E-state index in [2.05, 4.69) is 20.3 Å². The van der Waals surface area contributed by atoms with Crippen LogP contribution in [0.15, 0.2) is 47.6 Å². The number of aromatic amines is 1. The van der Waals surface area contributed by atoms with E-state index < -0.39 is 0 Å². The molecule has 0 aliphatic heterocycles. The molecule has 0 aliphatic rings. The van der Waals surface area contributed by atoms with Gasteiger partial charge >= 0.3 is 0 Å². The van der Waals surface area contributed by atoms with Crippen LogP contribution in [0.25, 0.3) is 11.0 Å². The van der Waals surface area contributed by atoms with Gasteiger partial charge in [-0.05, 0) is 24.3 Å². The second kappa shape index (κ2) is 5.32. The summed E-state index contributed by atoms with van der Waals surface area (Å²) in [5.74, 6) is 1.69. The molecule has 96 valence electrons. The Labute approximate surface area is 115 Å². The van der Waals surface area contributed by atoms with E-state index in [0.29, 0.717) is 0 Å². The Morgan fingerprint density at radius 2 is 2.00 bits per heavy atom. The number of hydrogen-bond donors (Lipinski definition) is 2. The number of nitrogens with zero attached hydrogens (tertiary/aromatic N) is 2. The fourth-order valence-electron chi connectivity index (χ4n) is 1.84. The number of rotatable bonds is 4. The molecule has 5 heteroatoms. The van der Waals surface area contributed by atoms with Crippen LogP contribution < -0.4 is 5.32 Å². The van der Waals surface area contributed by atoms with Gasteiger partial charge in [0.15, 0.2) is 5.16 Å². The lowest BCUT2D eigenvalue weighted by Gasteiger charge is -2.02. The van der Waals surface area contributed by atoms with Crippen LogP contribution in [0.4, 0.5) is 5.82 Å². The fourth-order valence-corrected chi connectivity index (χ4v) is 2.63. The van der Waals surface area contributed by atoms with Crippen molar-refractivity contribution in [1.82, 2.24) is 15.0 Å². The molecule has 0 unspecified atom stereocenters. The average Bonchev–Trinajstić information content (AvgIpc) is 2.88. The number of pyridine rings is 1. The molecule has 2 aromatic heterocycles. The first-order valence-corrected chi connectivity index (χ1v) is 7.05. The fraction of sp³-hybridized carbons (Fsp3) is 0.143. The van der Waals surface area contributed by atoms with Gasteiger partial charge in [-0.15, -0.1) is 0 Å². The first-order chi connectivity index (χ1) is 9.35. The zero-order chi connectivity index (χ0) is 13.1.